The van der Waals surface area contributed by atoms with E-state index in [0.29, 0.717) is 24.7 Å². The van der Waals surface area contributed by atoms with E-state index in [1.807, 2.05) is 13.0 Å². The SMILES string of the molecule is C/C(=N/Nc1cc(N2CCOCC2)ncn1)c1ccc([N+](=O)[O-])cc1. The number of hydrogen-bond donors (Lipinski definition) is 1. The van der Waals surface area contributed by atoms with Gasteiger partial charge in [0.15, 0.2) is 5.82 Å². The Labute approximate surface area is 144 Å². The molecule has 1 aromatic carbocycles. The molecule has 1 fully saturated rings. The Morgan fingerprint density at radius 2 is 2.00 bits per heavy atom. The number of hydrazone groups is 1. The fraction of sp³-hybridized carbons (Fsp3) is 0.312. The molecule has 0 unspecified atom stereocenters. The van der Waals surface area contributed by atoms with Gasteiger partial charge in [0.25, 0.3) is 5.69 Å². The van der Waals surface area contributed by atoms with Crippen molar-refractivity contribution in [2.45, 2.75) is 6.92 Å². The summed E-state index contributed by atoms with van der Waals surface area (Å²) in [5.41, 5.74) is 4.44. The Bertz CT molecular complexity index is 772. The Balaban J connectivity index is 1.69. The van der Waals surface area contributed by atoms with E-state index < -0.39 is 4.92 Å². The molecule has 0 atom stereocenters. The van der Waals surface area contributed by atoms with E-state index in [1.165, 1.54) is 18.5 Å². The first kappa shape index (κ1) is 16.8. The Morgan fingerprint density at radius 1 is 1.28 bits per heavy atom. The molecule has 25 heavy (non-hydrogen) atoms. The maximum absolute atomic E-state index is 10.7. The lowest BCUT2D eigenvalue weighted by atomic mass is 10.1. The summed E-state index contributed by atoms with van der Waals surface area (Å²) in [7, 11) is 0. The predicted octanol–water partition coefficient (Wildman–Crippen LogP) is 2.06. The minimum Gasteiger partial charge on any atom is -0.378 e. The molecule has 1 aromatic heterocycles. The van der Waals surface area contributed by atoms with Crippen LogP contribution in [0.3, 0.4) is 0 Å². The predicted molar refractivity (Wildman–Crippen MR) is 94.0 cm³/mol. The second kappa shape index (κ2) is 7.67. The van der Waals surface area contributed by atoms with Crippen LogP contribution in [0.1, 0.15) is 12.5 Å². The molecule has 0 amide bonds. The zero-order chi connectivity index (χ0) is 17.6. The second-order valence-electron chi connectivity index (χ2n) is 5.47. The molecular weight excluding hydrogens is 324 g/mol. The van der Waals surface area contributed by atoms with Crippen LogP contribution in [0.25, 0.3) is 0 Å². The highest BCUT2D eigenvalue weighted by molar-refractivity contribution is 5.99. The van der Waals surface area contributed by atoms with Crippen LogP contribution >= 0.6 is 0 Å². The molecule has 0 bridgehead atoms. The zero-order valence-corrected chi connectivity index (χ0v) is 13.8. The number of rotatable bonds is 5. The van der Waals surface area contributed by atoms with Crippen molar-refractivity contribution < 1.29 is 9.66 Å². The average Bonchev–Trinajstić information content (AvgIpc) is 2.67. The third kappa shape index (κ3) is 4.27. The van der Waals surface area contributed by atoms with Gasteiger partial charge in [-0.3, -0.25) is 15.5 Å². The highest BCUT2D eigenvalue weighted by atomic mass is 16.6. The molecule has 0 saturated carbocycles. The maximum atomic E-state index is 10.7. The van der Waals surface area contributed by atoms with E-state index in [-0.39, 0.29) is 5.69 Å². The van der Waals surface area contributed by atoms with Crippen LogP contribution in [0.5, 0.6) is 0 Å². The van der Waals surface area contributed by atoms with Crippen molar-refractivity contribution in [2.24, 2.45) is 5.10 Å². The molecule has 2 aromatic rings. The van der Waals surface area contributed by atoms with Gasteiger partial charge >= 0.3 is 0 Å². The van der Waals surface area contributed by atoms with Gasteiger partial charge in [0.2, 0.25) is 0 Å². The maximum Gasteiger partial charge on any atom is 0.269 e. The Morgan fingerprint density at radius 3 is 2.68 bits per heavy atom. The van der Waals surface area contributed by atoms with Gasteiger partial charge in [0, 0.05) is 31.3 Å². The number of nitro groups is 1. The molecule has 1 saturated heterocycles. The summed E-state index contributed by atoms with van der Waals surface area (Å²) in [4.78, 5) is 20.8. The van der Waals surface area contributed by atoms with Crippen molar-refractivity contribution in [3.8, 4) is 0 Å². The lowest BCUT2D eigenvalue weighted by Crippen LogP contribution is -2.36. The first-order valence-corrected chi connectivity index (χ1v) is 7.83. The topological polar surface area (TPSA) is 106 Å². The van der Waals surface area contributed by atoms with E-state index in [4.69, 9.17) is 4.74 Å². The quantitative estimate of drug-likeness (QED) is 0.503. The number of nitrogens with one attached hydrogen (secondary N) is 1. The first-order valence-electron chi connectivity index (χ1n) is 7.83. The third-order valence-electron chi connectivity index (χ3n) is 3.82. The van der Waals surface area contributed by atoms with Crippen LogP contribution in [0.2, 0.25) is 0 Å². The molecule has 130 valence electrons. The molecule has 0 spiro atoms. The van der Waals surface area contributed by atoms with Gasteiger partial charge in [-0.15, -0.1) is 0 Å². The number of hydrogen-bond acceptors (Lipinski definition) is 8. The molecule has 0 aliphatic carbocycles. The van der Waals surface area contributed by atoms with Crippen LogP contribution in [-0.2, 0) is 4.74 Å². The largest absolute Gasteiger partial charge is 0.378 e. The van der Waals surface area contributed by atoms with Crippen molar-refractivity contribution >= 4 is 23.0 Å². The van der Waals surface area contributed by atoms with E-state index in [0.717, 1.165) is 24.5 Å². The van der Waals surface area contributed by atoms with Gasteiger partial charge in [-0.05, 0) is 24.6 Å². The summed E-state index contributed by atoms with van der Waals surface area (Å²) in [6.45, 7) is 4.77. The fourth-order valence-electron chi connectivity index (χ4n) is 2.40. The number of nitrogens with zero attached hydrogens (tertiary/aromatic N) is 5. The number of non-ortho nitro benzene ring substituents is 1. The minimum atomic E-state index is -0.428. The van der Waals surface area contributed by atoms with Crippen molar-refractivity contribution in [3.63, 3.8) is 0 Å². The molecular formula is C16H18N6O3. The van der Waals surface area contributed by atoms with Crippen molar-refractivity contribution in [1.82, 2.24) is 9.97 Å². The molecule has 2 heterocycles. The van der Waals surface area contributed by atoms with Crippen molar-refractivity contribution in [2.75, 3.05) is 36.6 Å². The number of ether oxygens (including phenoxy) is 1. The highest BCUT2D eigenvalue weighted by Gasteiger charge is 2.13. The van der Waals surface area contributed by atoms with Gasteiger partial charge in [-0.25, -0.2) is 9.97 Å². The van der Waals surface area contributed by atoms with Gasteiger partial charge in [0.1, 0.15) is 12.1 Å². The summed E-state index contributed by atoms with van der Waals surface area (Å²) < 4.78 is 5.34. The summed E-state index contributed by atoms with van der Waals surface area (Å²) in [6, 6.07) is 8.07. The smallest absolute Gasteiger partial charge is 0.269 e. The Kier molecular flexibility index (Phi) is 5.14. The van der Waals surface area contributed by atoms with E-state index >= 15 is 0 Å². The van der Waals surface area contributed by atoms with Crippen LogP contribution in [0.4, 0.5) is 17.3 Å². The summed E-state index contributed by atoms with van der Waals surface area (Å²) >= 11 is 0. The van der Waals surface area contributed by atoms with Crippen LogP contribution in [0.15, 0.2) is 41.8 Å². The molecule has 1 aliphatic rings. The third-order valence-corrected chi connectivity index (χ3v) is 3.82. The summed E-state index contributed by atoms with van der Waals surface area (Å²) in [6.07, 6.45) is 1.49. The van der Waals surface area contributed by atoms with Crippen LogP contribution in [-0.4, -0.2) is 46.9 Å². The van der Waals surface area contributed by atoms with Gasteiger partial charge < -0.3 is 9.64 Å². The Hall–Kier alpha value is -3.07. The molecule has 0 radical (unpaired) electrons. The molecule has 1 N–H and O–H groups in total. The van der Waals surface area contributed by atoms with E-state index in [2.05, 4.69) is 25.4 Å². The lowest BCUT2D eigenvalue weighted by molar-refractivity contribution is -0.384. The first-order chi connectivity index (χ1) is 12.1. The molecule has 1 aliphatic heterocycles. The van der Waals surface area contributed by atoms with Gasteiger partial charge in [-0.1, -0.05) is 0 Å². The van der Waals surface area contributed by atoms with E-state index in [9.17, 15) is 10.1 Å². The number of benzene rings is 1. The number of anilines is 2. The fourth-order valence-corrected chi connectivity index (χ4v) is 2.40. The number of morpholine rings is 1. The van der Waals surface area contributed by atoms with Gasteiger partial charge in [0.05, 0.1) is 23.8 Å². The van der Waals surface area contributed by atoms with Crippen LogP contribution in [0, 0.1) is 10.1 Å². The standard InChI is InChI=1S/C16H18N6O3/c1-12(13-2-4-14(5-3-13)22(23)24)19-20-15-10-16(18-11-17-15)21-6-8-25-9-7-21/h2-5,10-11H,6-9H2,1H3,(H,17,18,20)/b19-12-. The van der Waals surface area contributed by atoms with Crippen molar-refractivity contribution in [3.05, 3.63) is 52.3 Å². The van der Waals surface area contributed by atoms with Crippen LogP contribution < -0.4 is 10.3 Å². The van der Waals surface area contributed by atoms with E-state index in [1.54, 1.807) is 12.1 Å². The second-order valence-corrected chi connectivity index (χ2v) is 5.47. The lowest BCUT2D eigenvalue weighted by Gasteiger charge is -2.27. The normalized spacial score (nSPS) is 15.1. The number of aromatic nitrogens is 2. The summed E-state index contributed by atoms with van der Waals surface area (Å²) in [5.74, 6) is 1.40. The monoisotopic (exact) mass is 342 g/mol. The van der Waals surface area contributed by atoms with Crippen molar-refractivity contribution in [1.29, 1.82) is 0 Å². The van der Waals surface area contributed by atoms with Gasteiger partial charge in [-0.2, -0.15) is 5.10 Å². The molecule has 9 nitrogen and oxygen atoms in total. The average molecular weight is 342 g/mol. The minimum absolute atomic E-state index is 0.0514. The summed E-state index contributed by atoms with van der Waals surface area (Å²) in [5, 5.41) is 15.0. The zero-order valence-electron chi connectivity index (χ0n) is 13.8. The number of nitro benzene ring substituents is 1. The highest BCUT2D eigenvalue weighted by Crippen LogP contribution is 2.16. The molecule has 9 heteroatoms. The molecule has 3 rings (SSSR count).